The monoisotopic (exact) mass is 215 g/mol. The maximum Gasteiger partial charge on any atom is 0.141 e. The van der Waals surface area contributed by atoms with Crippen LogP contribution in [0.1, 0.15) is 25.5 Å². The summed E-state index contributed by atoms with van der Waals surface area (Å²) in [5.74, 6) is -0.359. The minimum atomic E-state index is -0.359. The fourth-order valence-electron chi connectivity index (χ4n) is 1.30. The van der Waals surface area contributed by atoms with Crippen molar-refractivity contribution in [2.24, 2.45) is 0 Å². The Bertz CT molecular complexity index is 314. The molecule has 1 aromatic rings. The Morgan fingerprint density at radius 1 is 1.50 bits per heavy atom. The molecule has 0 fully saturated rings. The zero-order valence-electron chi connectivity index (χ0n) is 8.72. The molecule has 3 heteroatoms. The Hall–Kier alpha value is -0.600. The predicted octanol–water partition coefficient (Wildman–Crippen LogP) is 3.49. The van der Waals surface area contributed by atoms with Crippen LogP contribution in [0.15, 0.2) is 18.2 Å². The van der Waals surface area contributed by atoms with Crippen molar-refractivity contribution >= 4 is 11.6 Å². The Kier molecular flexibility index (Phi) is 3.90. The summed E-state index contributed by atoms with van der Waals surface area (Å²) in [5.41, 5.74) is 1.04. The third-order valence-corrected chi connectivity index (χ3v) is 2.88. The van der Waals surface area contributed by atoms with Gasteiger partial charge in [0.1, 0.15) is 5.82 Å². The first-order valence-electron chi connectivity index (χ1n) is 4.71. The van der Waals surface area contributed by atoms with E-state index < -0.39 is 0 Å². The minimum absolute atomic E-state index is 0.193. The molecule has 0 saturated carbocycles. The molecule has 0 saturated heterocycles. The van der Waals surface area contributed by atoms with E-state index in [-0.39, 0.29) is 16.9 Å². The van der Waals surface area contributed by atoms with Gasteiger partial charge in [-0.25, -0.2) is 4.39 Å². The lowest BCUT2D eigenvalue weighted by Gasteiger charge is -2.23. The lowest BCUT2D eigenvalue weighted by molar-refractivity contribution is 0.275. The van der Waals surface area contributed by atoms with Crippen molar-refractivity contribution in [2.45, 2.75) is 19.9 Å². The second-order valence-electron chi connectivity index (χ2n) is 3.42. The van der Waals surface area contributed by atoms with E-state index in [2.05, 4.69) is 18.7 Å². The molecule has 0 bridgehead atoms. The van der Waals surface area contributed by atoms with E-state index in [1.54, 1.807) is 12.1 Å². The minimum Gasteiger partial charge on any atom is -0.300 e. The van der Waals surface area contributed by atoms with Crippen molar-refractivity contribution < 1.29 is 4.39 Å². The average Bonchev–Trinajstić information content (AvgIpc) is 2.20. The van der Waals surface area contributed by atoms with Crippen LogP contribution in [0, 0.1) is 5.82 Å². The first-order valence-corrected chi connectivity index (χ1v) is 5.09. The number of hydrogen-bond acceptors (Lipinski definition) is 1. The van der Waals surface area contributed by atoms with E-state index in [9.17, 15) is 4.39 Å². The highest BCUT2D eigenvalue weighted by Crippen LogP contribution is 2.23. The molecule has 1 rings (SSSR count). The molecule has 0 unspecified atom stereocenters. The topological polar surface area (TPSA) is 3.24 Å². The molecule has 0 N–H and O–H groups in total. The summed E-state index contributed by atoms with van der Waals surface area (Å²) in [6.07, 6.45) is 0. The molecule has 0 aliphatic carbocycles. The lowest BCUT2D eigenvalue weighted by atomic mass is 10.1. The molecular formula is C11H15ClFN. The van der Waals surface area contributed by atoms with E-state index >= 15 is 0 Å². The summed E-state index contributed by atoms with van der Waals surface area (Å²) in [7, 11) is 2.03. The second-order valence-corrected chi connectivity index (χ2v) is 3.83. The number of hydrogen-bond donors (Lipinski definition) is 0. The van der Waals surface area contributed by atoms with E-state index in [4.69, 9.17) is 11.6 Å². The molecule has 0 aliphatic rings. The standard InChI is InChI=1S/C11H15ClFN/c1-4-14(3)8(2)9-5-6-11(13)10(12)7-9/h5-8H,4H2,1-3H3/t8-/m1/s1. The van der Waals surface area contributed by atoms with Gasteiger partial charge in [0.05, 0.1) is 5.02 Å². The highest BCUT2D eigenvalue weighted by Gasteiger charge is 2.11. The van der Waals surface area contributed by atoms with Gasteiger partial charge in [0.15, 0.2) is 0 Å². The normalized spacial score (nSPS) is 13.3. The second kappa shape index (κ2) is 4.76. The van der Waals surface area contributed by atoms with Gasteiger partial charge in [0.25, 0.3) is 0 Å². The van der Waals surface area contributed by atoms with E-state index in [0.29, 0.717) is 0 Å². The van der Waals surface area contributed by atoms with Crippen molar-refractivity contribution in [3.8, 4) is 0 Å². The summed E-state index contributed by atoms with van der Waals surface area (Å²) in [5, 5.41) is 0.193. The lowest BCUT2D eigenvalue weighted by Crippen LogP contribution is -2.21. The molecule has 1 nitrogen and oxygen atoms in total. The van der Waals surface area contributed by atoms with Gasteiger partial charge in [-0.1, -0.05) is 24.6 Å². The number of halogens is 2. The smallest absolute Gasteiger partial charge is 0.141 e. The molecule has 0 radical (unpaired) electrons. The van der Waals surface area contributed by atoms with Gasteiger partial charge in [-0.2, -0.15) is 0 Å². The van der Waals surface area contributed by atoms with Crippen molar-refractivity contribution in [1.82, 2.24) is 4.90 Å². The molecule has 1 aromatic carbocycles. The van der Waals surface area contributed by atoms with E-state index in [0.717, 1.165) is 12.1 Å². The van der Waals surface area contributed by atoms with Crippen molar-refractivity contribution in [2.75, 3.05) is 13.6 Å². The number of rotatable bonds is 3. The predicted molar refractivity (Wildman–Crippen MR) is 58.1 cm³/mol. The van der Waals surface area contributed by atoms with Crippen molar-refractivity contribution in [3.63, 3.8) is 0 Å². The average molecular weight is 216 g/mol. The van der Waals surface area contributed by atoms with Gasteiger partial charge >= 0.3 is 0 Å². The Morgan fingerprint density at radius 3 is 2.64 bits per heavy atom. The molecule has 0 aliphatic heterocycles. The summed E-state index contributed by atoms with van der Waals surface area (Å²) >= 11 is 5.71. The fourth-order valence-corrected chi connectivity index (χ4v) is 1.49. The molecule has 0 aromatic heterocycles. The number of benzene rings is 1. The van der Waals surface area contributed by atoms with Gasteiger partial charge in [0, 0.05) is 6.04 Å². The highest BCUT2D eigenvalue weighted by atomic mass is 35.5. The van der Waals surface area contributed by atoms with Crippen LogP contribution in [0.3, 0.4) is 0 Å². The van der Waals surface area contributed by atoms with Gasteiger partial charge in [-0.3, -0.25) is 4.90 Å². The maximum absolute atomic E-state index is 12.9. The van der Waals surface area contributed by atoms with Gasteiger partial charge in [0.2, 0.25) is 0 Å². The molecule has 0 heterocycles. The van der Waals surface area contributed by atoms with Crippen LogP contribution in [-0.2, 0) is 0 Å². The van der Waals surface area contributed by atoms with Crippen LogP contribution in [0.4, 0.5) is 4.39 Å². The Labute approximate surface area is 89.5 Å². The molecule has 0 amide bonds. The highest BCUT2D eigenvalue weighted by molar-refractivity contribution is 6.30. The first-order chi connectivity index (χ1) is 6.56. The third kappa shape index (κ3) is 2.46. The molecule has 78 valence electrons. The maximum atomic E-state index is 12.9. The Morgan fingerprint density at radius 2 is 2.14 bits per heavy atom. The fraction of sp³-hybridized carbons (Fsp3) is 0.455. The van der Waals surface area contributed by atoms with Crippen molar-refractivity contribution in [1.29, 1.82) is 0 Å². The van der Waals surface area contributed by atoms with Crippen LogP contribution in [0.25, 0.3) is 0 Å². The van der Waals surface area contributed by atoms with Crippen LogP contribution in [0.2, 0.25) is 5.02 Å². The zero-order valence-corrected chi connectivity index (χ0v) is 9.48. The van der Waals surface area contributed by atoms with Crippen LogP contribution in [0.5, 0.6) is 0 Å². The molecule has 1 atom stereocenters. The Balaban J connectivity index is 2.91. The van der Waals surface area contributed by atoms with Gasteiger partial charge in [-0.15, -0.1) is 0 Å². The first kappa shape index (κ1) is 11.5. The summed E-state index contributed by atoms with van der Waals surface area (Å²) < 4.78 is 12.9. The number of nitrogens with zero attached hydrogens (tertiary/aromatic N) is 1. The molecule has 0 spiro atoms. The van der Waals surface area contributed by atoms with Gasteiger partial charge in [-0.05, 0) is 38.2 Å². The van der Waals surface area contributed by atoms with Crippen LogP contribution >= 0.6 is 11.6 Å². The quantitative estimate of drug-likeness (QED) is 0.746. The van der Waals surface area contributed by atoms with Crippen LogP contribution < -0.4 is 0 Å². The summed E-state index contributed by atoms with van der Waals surface area (Å²) in [4.78, 5) is 2.17. The third-order valence-electron chi connectivity index (χ3n) is 2.59. The SMILES string of the molecule is CCN(C)[C@H](C)c1ccc(F)c(Cl)c1. The van der Waals surface area contributed by atoms with Crippen molar-refractivity contribution in [3.05, 3.63) is 34.6 Å². The molecular weight excluding hydrogens is 201 g/mol. The molecule has 14 heavy (non-hydrogen) atoms. The summed E-state index contributed by atoms with van der Waals surface area (Å²) in [6, 6.07) is 5.14. The van der Waals surface area contributed by atoms with E-state index in [1.807, 2.05) is 7.05 Å². The van der Waals surface area contributed by atoms with E-state index in [1.165, 1.54) is 6.07 Å². The largest absolute Gasteiger partial charge is 0.300 e. The zero-order chi connectivity index (χ0) is 10.7. The van der Waals surface area contributed by atoms with Crippen LogP contribution in [-0.4, -0.2) is 18.5 Å². The summed E-state index contributed by atoms with van der Waals surface area (Å²) in [6.45, 7) is 5.12. The van der Waals surface area contributed by atoms with Gasteiger partial charge < -0.3 is 0 Å².